The molecule has 0 spiro atoms. The number of carboxylic acid groups (broad SMARTS) is 1. The number of carbonyl (C=O) groups is 1. The van der Waals surface area contributed by atoms with Crippen LogP contribution in [-0.4, -0.2) is 23.2 Å². The molecule has 0 bridgehead atoms. The van der Waals surface area contributed by atoms with Crippen LogP contribution in [0.1, 0.15) is 16.7 Å². The summed E-state index contributed by atoms with van der Waals surface area (Å²) in [6.07, 6.45) is -0.0315. The molecular weight excluding hydrogens is 290 g/mol. The van der Waals surface area contributed by atoms with Crippen LogP contribution in [0.15, 0.2) is 36.4 Å². The Morgan fingerprint density at radius 1 is 1.17 bits per heavy atom. The molecule has 3 rings (SSSR count). The SMILES string of the molecule is COc1cc(C)c2[nH]c(-c3ccccc3C)c(CC(=O)O)c2c1. The van der Waals surface area contributed by atoms with Gasteiger partial charge in [0.15, 0.2) is 0 Å². The highest BCUT2D eigenvalue weighted by Gasteiger charge is 2.18. The van der Waals surface area contributed by atoms with Gasteiger partial charge in [0.1, 0.15) is 5.75 Å². The van der Waals surface area contributed by atoms with E-state index in [0.29, 0.717) is 0 Å². The Morgan fingerprint density at radius 2 is 1.91 bits per heavy atom. The van der Waals surface area contributed by atoms with Gasteiger partial charge in [0.25, 0.3) is 0 Å². The Hall–Kier alpha value is -2.75. The van der Waals surface area contributed by atoms with Crippen molar-refractivity contribution in [3.8, 4) is 17.0 Å². The van der Waals surface area contributed by atoms with Gasteiger partial charge >= 0.3 is 5.97 Å². The van der Waals surface area contributed by atoms with Crippen molar-refractivity contribution in [1.82, 2.24) is 4.98 Å². The Kier molecular flexibility index (Phi) is 3.82. The van der Waals surface area contributed by atoms with Crippen LogP contribution in [0.4, 0.5) is 0 Å². The topological polar surface area (TPSA) is 62.3 Å². The molecule has 0 aliphatic rings. The average molecular weight is 309 g/mol. The van der Waals surface area contributed by atoms with E-state index in [0.717, 1.165) is 44.6 Å². The lowest BCUT2D eigenvalue weighted by atomic mass is 9.99. The molecule has 1 aromatic heterocycles. The van der Waals surface area contributed by atoms with Gasteiger partial charge < -0.3 is 14.8 Å². The number of fused-ring (bicyclic) bond motifs is 1. The van der Waals surface area contributed by atoms with Crippen molar-refractivity contribution in [3.05, 3.63) is 53.1 Å². The van der Waals surface area contributed by atoms with E-state index in [2.05, 4.69) is 4.98 Å². The number of ether oxygens (including phenoxy) is 1. The van der Waals surface area contributed by atoms with E-state index in [1.54, 1.807) is 7.11 Å². The fourth-order valence-corrected chi connectivity index (χ4v) is 3.03. The third kappa shape index (κ3) is 2.68. The van der Waals surface area contributed by atoms with Crippen LogP contribution in [0.5, 0.6) is 5.75 Å². The van der Waals surface area contributed by atoms with Gasteiger partial charge in [0.2, 0.25) is 0 Å². The highest BCUT2D eigenvalue weighted by molar-refractivity contribution is 5.96. The van der Waals surface area contributed by atoms with E-state index in [1.165, 1.54) is 0 Å². The second kappa shape index (κ2) is 5.80. The second-order valence-corrected chi connectivity index (χ2v) is 5.73. The number of nitrogens with one attached hydrogen (secondary N) is 1. The van der Waals surface area contributed by atoms with E-state index in [4.69, 9.17) is 4.74 Å². The highest BCUT2D eigenvalue weighted by Crippen LogP contribution is 2.36. The molecule has 4 heteroatoms. The summed E-state index contributed by atoms with van der Waals surface area (Å²) < 4.78 is 5.34. The third-order valence-corrected chi connectivity index (χ3v) is 4.16. The van der Waals surface area contributed by atoms with Gasteiger partial charge in [-0.2, -0.15) is 0 Å². The molecule has 0 unspecified atom stereocenters. The van der Waals surface area contributed by atoms with Crippen molar-refractivity contribution in [2.45, 2.75) is 20.3 Å². The van der Waals surface area contributed by atoms with Crippen molar-refractivity contribution in [3.63, 3.8) is 0 Å². The first-order chi connectivity index (χ1) is 11.0. The maximum absolute atomic E-state index is 11.4. The Morgan fingerprint density at radius 3 is 2.57 bits per heavy atom. The van der Waals surface area contributed by atoms with Gasteiger partial charge in [-0.1, -0.05) is 24.3 Å². The summed E-state index contributed by atoms with van der Waals surface area (Å²) in [5.74, 6) is -0.113. The molecular formula is C19H19NO3. The van der Waals surface area contributed by atoms with Gasteiger partial charge in [-0.15, -0.1) is 0 Å². The lowest BCUT2D eigenvalue weighted by Crippen LogP contribution is -2.01. The van der Waals surface area contributed by atoms with Crippen molar-refractivity contribution in [2.24, 2.45) is 0 Å². The van der Waals surface area contributed by atoms with Crippen LogP contribution in [-0.2, 0) is 11.2 Å². The molecule has 4 nitrogen and oxygen atoms in total. The number of aryl methyl sites for hydroxylation is 2. The number of rotatable bonds is 4. The summed E-state index contributed by atoms with van der Waals surface area (Å²) in [7, 11) is 1.62. The molecule has 118 valence electrons. The zero-order chi connectivity index (χ0) is 16.6. The van der Waals surface area contributed by atoms with Crippen molar-refractivity contribution < 1.29 is 14.6 Å². The average Bonchev–Trinajstić information content (AvgIpc) is 2.86. The van der Waals surface area contributed by atoms with Crippen LogP contribution in [0.3, 0.4) is 0 Å². The lowest BCUT2D eigenvalue weighted by Gasteiger charge is -2.06. The van der Waals surface area contributed by atoms with Crippen LogP contribution < -0.4 is 4.74 Å². The molecule has 0 fully saturated rings. The molecule has 1 heterocycles. The number of aromatic amines is 1. The predicted octanol–water partition coefficient (Wildman–Crippen LogP) is 4.09. The largest absolute Gasteiger partial charge is 0.497 e. The molecule has 0 aliphatic heterocycles. The lowest BCUT2D eigenvalue weighted by molar-refractivity contribution is -0.136. The summed E-state index contributed by atoms with van der Waals surface area (Å²) in [5, 5.41) is 10.2. The maximum atomic E-state index is 11.4. The minimum absolute atomic E-state index is 0.0315. The van der Waals surface area contributed by atoms with Crippen molar-refractivity contribution >= 4 is 16.9 Å². The first kappa shape index (κ1) is 15.2. The van der Waals surface area contributed by atoms with Crippen LogP contribution in [0, 0.1) is 13.8 Å². The molecule has 0 aliphatic carbocycles. The highest BCUT2D eigenvalue weighted by atomic mass is 16.5. The van der Waals surface area contributed by atoms with Crippen LogP contribution >= 0.6 is 0 Å². The molecule has 0 amide bonds. The zero-order valence-electron chi connectivity index (χ0n) is 13.4. The summed E-state index contributed by atoms with van der Waals surface area (Å²) in [6.45, 7) is 4.02. The van der Waals surface area contributed by atoms with Gasteiger partial charge in [-0.05, 0) is 42.7 Å². The van der Waals surface area contributed by atoms with Gasteiger partial charge in [0, 0.05) is 16.5 Å². The second-order valence-electron chi connectivity index (χ2n) is 5.73. The summed E-state index contributed by atoms with van der Waals surface area (Å²) in [6, 6.07) is 11.8. The minimum atomic E-state index is -0.846. The predicted molar refractivity (Wildman–Crippen MR) is 91.1 cm³/mol. The fraction of sp³-hybridized carbons (Fsp3) is 0.211. The number of H-pyrrole nitrogens is 1. The van der Waals surface area contributed by atoms with E-state index >= 15 is 0 Å². The van der Waals surface area contributed by atoms with Gasteiger partial charge in [-0.25, -0.2) is 0 Å². The molecule has 2 N–H and O–H groups in total. The monoisotopic (exact) mass is 309 g/mol. The van der Waals surface area contributed by atoms with E-state index < -0.39 is 5.97 Å². The Bertz CT molecular complexity index is 893. The summed E-state index contributed by atoms with van der Waals surface area (Å²) in [5.41, 5.74) is 5.79. The first-order valence-electron chi connectivity index (χ1n) is 7.48. The number of aliphatic carboxylic acids is 1. The Labute approximate surface area is 134 Å². The number of carboxylic acids is 1. The van der Waals surface area contributed by atoms with E-state index in [1.807, 2.05) is 50.2 Å². The number of aromatic nitrogens is 1. The van der Waals surface area contributed by atoms with Crippen LogP contribution in [0.2, 0.25) is 0 Å². The molecule has 0 saturated carbocycles. The standard InChI is InChI=1S/C19H19NO3/c1-11-6-4-5-7-14(11)19-16(10-17(21)22)15-9-13(23-3)8-12(2)18(15)20-19/h4-9,20H,10H2,1-3H3,(H,21,22). The molecule has 2 aromatic carbocycles. The van der Waals surface area contributed by atoms with E-state index in [-0.39, 0.29) is 6.42 Å². The molecule has 3 aromatic rings. The van der Waals surface area contributed by atoms with Gasteiger partial charge in [0.05, 0.1) is 19.2 Å². The van der Waals surface area contributed by atoms with Crippen molar-refractivity contribution in [2.75, 3.05) is 7.11 Å². The molecule has 23 heavy (non-hydrogen) atoms. The smallest absolute Gasteiger partial charge is 0.307 e. The maximum Gasteiger partial charge on any atom is 0.307 e. The minimum Gasteiger partial charge on any atom is -0.497 e. The quantitative estimate of drug-likeness (QED) is 0.763. The normalized spacial score (nSPS) is 10.9. The molecule has 0 atom stereocenters. The van der Waals surface area contributed by atoms with Crippen molar-refractivity contribution in [1.29, 1.82) is 0 Å². The van der Waals surface area contributed by atoms with E-state index in [9.17, 15) is 9.90 Å². The molecule has 0 saturated heterocycles. The third-order valence-electron chi connectivity index (χ3n) is 4.16. The summed E-state index contributed by atoms with van der Waals surface area (Å²) >= 11 is 0. The molecule has 0 radical (unpaired) electrons. The number of benzene rings is 2. The Balaban J connectivity index is 2.35. The van der Waals surface area contributed by atoms with Crippen LogP contribution in [0.25, 0.3) is 22.2 Å². The summed E-state index contributed by atoms with van der Waals surface area (Å²) in [4.78, 5) is 14.8. The number of methoxy groups -OCH3 is 1. The first-order valence-corrected chi connectivity index (χ1v) is 7.48. The zero-order valence-corrected chi connectivity index (χ0v) is 13.4. The number of hydrogen-bond donors (Lipinski definition) is 2. The van der Waals surface area contributed by atoms with Gasteiger partial charge in [-0.3, -0.25) is 4.79 Å². The fourth-order valence-electron chi connectivity index (χ4n) is 3.03. The number of hydrogen-bond acceptors (Lipinski definition) is 2.